The average Bonchev–Trinajstić information content (AvgIpc) is 2.48. The van der Waals surface area contributed by atoms with E-state index < -0.39 is 21.7 Å². The van der Waals surface area contributed by atoms with Gasteiger partial charge in [-0.25, -0.2) is 8.42 Å². The summed E-state index contributed by atoms with van der Waals surface area (Å²) in [5.41, 5.74) is -1.03. The molecule has 130 valence electrons. The second-order valence-electron chi connectivity index (χ2n) is 5.90. The number of amides is 1. The third-order valence-corrected chi connectivity index (χ3v) is 5.82. The molecule has 8 nitrogen and oxygen atoms in total. The van der Waals surface area contributed by atoms with Gasteiger partial charge in [0.15, 0.2) is 6.29 Å². The highest BCUT2D eigenvalue weighted by Gasteiger charge is 2.36. The molecule has 1 heterocycles. The van der Waals surface area contributed by atoms with Gasteiger partial charge >= 0.3 is 0 Å². The molecule has 1 saturated heterocycles. The fourth-order valence-electron chi connectivity index (χ4n) is 2.21. The van der Waals surface area contributed by atoms with Gasteiger partial charge in [0, 0.05) is 40.4 Å². The van der Waals surface area contributed by atoms with E-state index in [0.717, 1.165) is 0 Å². The second-order valence-corrected chi connectivity index (χ2v) is 7.87. The van der Waals surface area contributed by atoms with Crippen molar-refractivity contribution in [3.8, 4) is 0 Å². The first-order valence-electron chi connectivity index (χ1n) is 7.25. The van der Waals surface area contributed by atoms with Crippen LogP contribution in [0.1, 0.15) is 13.8 Å². The van der Waals surface area contributed by atoms with E-state index in [9.17, 15) is 13.2 Å². The number of hydrogen-bond donors (Lipinski definition) is 2. The lowest BCUT2D eigenvalue weighted by molar-refractivity contribution is -0.133. The molecule has 1 rings (SSSR count). The molecule has 1 fully saturated rings. The first-order valence-corrected chi connectivity index (χ1v) is 8.86. The molecule has 0 bridgehead atoms. The molecule has 1 aliphatic heterocycles. The number of rotatable bonds is 8. The van der Waals surface area contributed by atoms with Crippen molar-refractivity contribution >= 4 is 15.9 Å². The van der Waals surface area contributed by atoms with Gasteiger partial charge in [0.05, 0.1) is 17.7 Å². The van der Waals surface area contributed by atoms with Gasteiger partial charge in [-0.1, -0.05) is 0 Å². The Kier molecular flexibility index (Phi) is 7.20. The van der Waals surface area contributed by atoms with Crippen molar-refractivity contribution in [1.82, 2.24) is 14.9 Å². The van der Waals surface area contributed by atoms with E-state index in [4.69, 9.17) is 9.47 Å². The van der Waals surface area contributed by atoms with Gasteiger partial charge in [0.2, 0.25) is 15.9 Å². The third-order valence-electron chi connectivity index (χ3n) is 3.58. The summed E-state index contributed by atoms with van der Waals surface area (Å²) in [6.45, 7) is 5.56. The van der Waals surface area contributed by atoms with Crippen LogP contribution in [0.4, 0.5) is 0 Å². The van der Waals surface area contributed by atoms with E-state index >= 15 is 0 Å². The van der Waals surface area contributed by atoms with Gasteiger partial charge in [-0.15, -0.1) is 0 Å². The lowest BCUT2D eigenvalue weighted by Crippen LogP contribution is -2.51. The summed E-state index contributed by atoms with van der Waals surface area (Å²) in [7, 11) is -0.521. The third kappa shape index (κ3) is 5.47. The van der Waals surface area contributed by atoms with Crippen LogP contribution in [0.2, 0.25) is 0 Å². The predicted octanol–water partition coefficient (Wildman–Crippen LogP) is -1.02. The highest BCUT2D eigenvalue weighted by molar-refractivity contribution is 7.89. The topological polar surface area (TPSA) is 97.0 Å². The van der Waals surface area contributed by atoms with Gasteiger partial charge < -0.3 is 20.1 Å². The lowest BCUT2D eigenvalue weighted by Gasteiger charge is -2.31. The molecule has 1 aliphatic rings. The molecule has 1 amide bonds. The number of ether oxygens (including phenoxy) is 2. The lowest BCUT2D eigenvalue weighted by atomic mass is 9.95. The van der Waals surface area contributed by atoms with Crippen LogP contribution < -0.4 is 10.6 Å². The minimum atomic E-state index is -3.47. The van der Waals surface area contributed by atoms with Crippen molar-refractivity contribution in [3.63, 3.8) is 0 Å². The van der Waals surface area contributed by atoms with E-state index in [1.165, 1.54) is 18.5 Å². The van der Waals surface area contributed by atoms with Gasteiger partial charge in [0.25, 0.3) is 0 Å². The van der Waals surface area contributed by atoms with Crippen LogP contribution in [0.3, 0.4) is 0 Å². The Labute approximate surface area is 132 Å². The molecular formula is C13H27N3O5S. The SMILES string of the molecule is COC(CNC(=O)C(C)(C)CS(=O)(=O)N1CCNCC1)OC. The molecule has 0 spiro atoms. The average molecular weight is 337 g/mol. The number of carbonyl (C=O) groups is 1. The molecule has 0 radical (unpaired) electrons. The van der Waals surface area contributed by atoms with E-state index in [2.05, 4.69) is 10.6 Å². The summed E-state index contributed by atoms with van der Waals surface area (Å²) < 4.78 is 36.3. The molecule has 22 heavy (non-hydrogen) atoms. The zero-order valence-corrected chi connectivity index (χ0v) is 14.5. The predicted molar refractivity (Wildman–Crippen MR) is 82.8 cm³/mol. The van der Waals surface area contributed by atoms with E-state index in [1.54, 1.807) is 13.8 Å². The van der Waals surface area contributed by atoms with Crippen molar-refractivity contribution in [2.75, 3.05) is 52.7 Å². The fraction of sp³-hybridized carbons (Fsp3) is 0.923. The van der Waals surface area contributed by atoms with E-state index in [1.807, 2.05) is 0 Å². The zero-order valence-electron chi connectivity index (χ0n) is 13.7. The van der Waals surface area contributed by atoms with Gasteiger partial charge in [0.1, 0.15) is 0 Å². The molecule has 2 N–H and O–H groups in total. The summed E-state index contributed by atoms with van der Waals surface area (Å²) in [6, 6.07) is 0. The van der Waals surface area contributed by atoms with Gasteiger partial charge in [-0.2, -0.15) is 4.31 Å². The Bertz CT molecular complexity index is 456. The maximum absolute atomic E-state index is 12.4. The van der Waals surface area contributed by atoms with Crippen LogP contribution in [-0.4, -0.2) is 77.6 Å². The van der Waals surface area contributed by atoms with Crippen LogP contribution in [0.5, 0.6) is 0 Å². The van der Waals surface area contributed by atoms with Crippen LogP contribution in [0, 0.1) is 5.41 Å². The number of hydrogen-bond acceptors (Lipinski definition) is 6. The largest absolute Gasteiger partial charge is 0.354 e. The Balaban J connectivity index is 2.62. The van der Waals surface area contributed by atoms with Crippen molar-refractivity contribution in [2.24, 2.45) is 5.41 Å². The maximum atomic E-state index is 12.4. The van der Waals surface area contributed by atoms with Crippen LogP contribution >= 0.6 is 0 Å². The van der Waals surface area contributed by atoms with Crippen molar-refractivity contribution < 1.29 is 22.7 Å². The maximum Gasteiger partial charge on any atom is 0.226 e. The van der Waals surface area contributed by atoms with Gasteiger partial charge in [-0.05, 0) is 13.8 Å². The first kappa shape index (κ1) is 19.3. The van der Waals surface area contributed by atoms with Crippen LogP contribution in [0.25, 0.3) is 0 Å². The number of methoxy groups -OCH3 is 2. The van der Waals surface area contributed by atoms with Crippen molar-refractivity contribution in [3.05, 3.63) is 0 Å². The van der Waals surface area contributed by atoms with Crippen molar-refractivity contribution in [2.45, 2.75) is 20.1 Å². The quantitative estimate of drug-likeness (QED) is 0.551. The van der Waals surface area contributed by atoms with Crippen LogP contribution in [-0.2, 0) is 24.3 Å². The normalized spacial score (nSPS) is 17.7. The molecule has 0 atom stereocenters. The van der Waals surface area contributed by atoms with Crippen molar-refractivity contribution in [1.29, 1.82) is 0 Å². The Morgan fingerprint density at radius 3 is 2.32 bits per heavy atom. The molecular weight excluding hydrogens is 310 g/mol. The second kappa shape index (κ2) is 8.21. The smallest absolute Gasteiger partial charge is 0.226 e. The summed E-state index contributed by atoms with van der Waals surface area (Å²) in [5, 5.41) is 5.77. The number of nitrogens with one attached hydrogen (secondary N) is 2. The number of carbonyl (C=O) groups excluding carboxylic acids is 1. The number of nitrogens with zero attached hydrogens (tertiary/aromatic N) is 1. The highest BCUT2D eigenvalue weighted by atomic mass is 32.2. The summed E-state index contributed by atoms with van der Waals surface area (Å²) in [6.07, 6.45) is -0.551. The highest BCUT2D eigenvalue weighted by Crippen LogP contribution is 2.21. The molecule has 0 aromatic rings. The molecule has 0 aromatic heterocycles. The summed E-state index contributed by atoms with van der Waals surface area (Å²) >= 11 is 0. The summed E-state index contributed by atoms with van der Waals surface area (Å²) in [5.74, 6) is -0.568. The number of piperazine rings is 1. The minimum absolute atomic E-state index is 0.170. The summed E-state index contributed by atoms with van der Waals surface area (Å²) in [4.78, 5) is 12.2. The monoisotopic (exact) mass is 337 g/mol. The molecule has 0 saturated carbocycles. The fourth-order valence-corrected chi connectivity index (χ4v) is 4.18. The Hall–Kier alpha value is -0.740. The standard InChI is InChI=1S/C13H27N3O5S/c1-13(2,12(17)15-9-11(20-3)21-4)10-22(18,19)16-7-5-14-6-8-16/h11,14H,5-10H2,1-4H3,(H,15,17). The first-order chi connectivity index (χ1) is 10.2. The zero-order chi connectivity index (χ0) is 16.8. The Morgan fingerprint density at radius 2 is 1.82 bits per heavy atom. The Morgan fingerprint density at radius 1 is 1.27 bits per heavy atom. The molecule has 0 aromatic carbocycles. The number of sulfonamides is 1. The molecule has 0 unspecified atom stereocenters. The van der Waals surface area contributed by atoms with E-state index in [0.29, 0.717) is 26.2 Å². The minimum Gasteiger partial charge on any atom is -0.354 e. The van der Waals surface area contributed by atoms with Crippen LogP contribution in [0.15, 0.2) is 0 Å². The molecule has 0 aliphatic carbocycles. The molecule has 9 heteroatoms. The van der Waals surface area contributed by atoms with Gasteiger partial charge in [-0.3, -0.25) is 4.79 Å². The van der Waals surface area contributed by atoms with E-state index in [-0.39, 0.29) is 18.2 Å².